The highest BCUT2D eigenvalue weighted by Crippen LogP contribution is 2.29. The first kappa shape index (κ1) is 14.5. The number of nitrogen functional groups attached to an aromatic ring is 1. The Kier molecular flexibility index (Phi) is 4.04. The second kappa shape index (κ2) is 5.58. The SMILES string of the molecule is COc1cccc(N)c1C(=O)c1cc(F)c(Br)cc1F. The van der Waals surface area contributed by atoms with Crippen LogP contribution >= 0.6 is 15.9 Å². The summed E-state index contributed by atoms with van der Waals surface area (Å²) in [5, 5.41) is 0. The summed E-state index contributed by atoms with van der Waals surface area (Å²) < 4.78 is 32.3. The number of benzene rings is 2. The van der Waals surface area contributed by atoms with Gasteiger partial charge in [-0.2, -0.15) is 0 Å². The molecule has 0 radical (unpaired) electrons. The topological polar surface area (TPSA) is 52.3 Å². The van der Waals surface area contributed by atoms with Crippen molar-refractivity contribution in [1.29, 1.82) is 0 Å². The molecule has 0 saturated heterocycles. The average molecular weight is 342 g/mol. The van der Waals surface area contributed by atoms with E-state index in [1.807, 2.05) is 0 Å². The molecule has 0 spiro atoms. The van der Waals surface area contributed by atoms with Crippen LogP contribution in [-0.4, -0.2) is 12.9 Å². The van der Waals surface area contributed by atoms with Gasteiger partial charge in [0.25, 0.3) is 0 Å². The van der Waals surface area contributed by atoms with E-state index in [0.717, 1.165) is 12.1 Å². The Bertz CT molecular complexity index is 689. The van der Waals surface area contributed by atoms with Crippen molar-refractivity contribution in [3.63, 3.8) is 0 Å². The number of carbonyl (C=O) groups is 1. The van der Waals surface area contributed by atoms with Crippen LogP contribution in [0.2, 0.25) is 0 Å². The third-order valence-corrected chi connectivity index (χ3v) is 3.37. The fraction of sp³-hybridized carbons (Fsp3) is 0.0714. The molecule has 0 atom stereocenters. The van der Waals surface area contributed by atoms with Gasteiger partial charge in [0, 0.05) is 5.69 Å². The van der Waals surface area contributed by atoms with Crippen molar-refractivity contribution in [2.45, 2.75) is 0 Å². The summed E-state index contributed by atoms with van der Waals surface area (Å²) in [6.45, 7) is 0. The van der Waals surface area contributed by atoms with Crippen molar-refractivity contribution >= 4 is 27.4 Å². The zero-order valence-electron chi connectivity index (χ0n) is 10.4. The van der Waals surface area contributed by atoms with Crippen LogP contribution in [0.15, 0.2) is 34.8 Å². The number of ether oxygens (including phenoxy) is 1. The van der Waals surface area contributed by atoms with E-state index in [0.29, 0.717) is 0 Å². The normalized spacial score (nSPS) is 10.4. The number of carbonyl (C=O) groups excluding carboxylic acids is 1. The van der Waals surface area contributed by atoms with Gasteiger partial charge in [-0.15, -0.1) is 0 Å². The van der Waals surface area contributed by atoms with Gasteiger partial charge in [0.2, 0.25) is 5.78 Å². The largest absolute Gasteiger partial charge is 0.496 e. The molecule has 2 N–H and O–H groups in total. The number of ketones is 1. The molecule has 0 heterocycles. The first-order valence-electron chi connectivity index (χ1n) is 5.57. The predicted molar refractivity (Wildman–Crippen MR) is 74.9 cm³/mol. The van der Waals surface area contributed by atoms with Crippen LogP contribution in [0.25, 0.3) is 0 Å². The second-order valence-corrected chi connectivity index (χ2v) is 4.85. The van der Waals surface area contributed by atoms with Gasteiger partial charge in [-0.05, 0) is 40.2 Å². The summed E-state index contributed by atoms with van der Waals surface area (Å²) in [7, 11) is 1.37. The first-order valence-corrected chi connectivity index (χ1v) is 6.36. The molecule has 0 aliphatic rings. The monoisotopic (exact) mass is 341 g/mol. The third kappa shape index (κ3) is 2.51. The maximum Gasteiger partial charge on any atom is 0.201 e. The maximum absolute atomic E-state index is 13.8. The summed E-state index contributed by atoms with van der Waals surface area (Å²) >= 11 is 2.85. The van der Waals surface area contributed by atoms with Crippen LogP contribution in [0.1, 0.15) is 15.9 Å². The fourth-order valence-corrected chi connectivity index (χ4v) is 2.11. The predicted octanol–water partition coefficient (Wildman–Crippen LogP) is 3.55. The van der Waals surface area contributed by atoms with Gasteiger partial charge in [-0.1, -0.05) is 6.07 Å². The summed E-state index contributed by atoms with van der Waals surface area (Å²) in [4.78, 5) is 12.3. The Morgan fingerprint density at radius 2 is 1.95 bits per heavy atom. The van der Waals surface area contributed by atoms with Gasteiger partial charge in [0.1, 0.15) is 17.4 Å². The highest BCUT2D eigenvalue weighted by molar-refractivity contribution is 9.10. The van der Waals surface area contributed by atoms with Gasteiger partial charge in [0.05, 0.1) is 22.7 Å². The number of halogens is 3. The molecule has 0 unspecified atom stereocenters. The molecular formula is C14H10BrF2NO2. The van der Waals surface area contributed by atoms with Crippen molar-refractivity contribution in [1.82, 2.24) is 0 Å². The number of methoxy groups -OCH3 is 1. The van der Waals surface area contributed by atoms with E-state index in [1.54, 1.807) is 6.07 Å². The molecule has 2 aromatic rings. The van der Waals surface area contributed by atoms with Gasteiger partial charge < -0.3 is 10.5 Å². The highest BCUT2D eigenvalue weighted by atomic mass is 79.9. The van der Waals surface area contributed by atoms with Crippen molar-refractivity contribution in [2.75, 3.05) is 12.8 Å². The molecule has 2 aromatic carbocycles. The van der Waals surface area contributed by atoms with Crippen LogP contribution in [0.3, 0.4) is 0 Å². The first-order chi connectivity index (χ1) is 9.45. The minimum atomic E-state index is -0.839. The molecule has 0 saturated carbocycles. The van der Waals surface area contributed by atoms with Crippen molar-refractivity contribution in [3.05, 3.63) is 57.6 Å². The van der Waals surface area contributed by atoms with Crippen LogP contribution in [0.4, 0.5) is 14.5 Å². The van der Waals surface area contributed by atoms with Crippen LogP contribution < -0.4 is 10.5 Å². The zero-order valence-corrected chi connectivity index (χ0v) is 12.0. The Balaban J connectivity index is 2.61. The molecule has 0 aliphatic heterocycles. The van der Waals surface area contributed by atoms with Gasteiger partial charge in [-0.3, -0.25) is 4.79 Å². The number of nitrogens with two attached hydrogens (primary N) is 1. The average Bonchev–Trinajstić information content (AvgIpc) is 2.41. The maximum atomic E-state index is 13.8. The molecule has 104 valence electrons. The fourth-order valence-electron chi connectivity index (χ4n) is 1.79. The van der Waals surface area contributed by atoms with Crippen molar-refractivity contribution in [2.24, 2.45) is 0 Å². The van der Waals surface area contributed by atoms with Crippen molar-refractivity contribution in [3.8, 4) is 5.75 Å². The lowest BCUT2D eigenvalue weighted by Crippen LogP contribution is -2.10. The van der Waals surface area contributed by atoms with E-state index in [-0.39, 0.29) is 21.5 Å². The molecule has 20 heavy (non-hydrogen) atoms. The minimum Gasteiger partial charge on any atom is -0.496 e. The quantitative estimate of drug-likeness (QED) is 0.527. The highest BCUT2D eigenvalue weighted by Gasteiger charge is 2.22. The lowest BCUT2D eigenvalue weighted by molar-refractivity contribution is 0.103. The lowest BCUT2D eigenvalue weighted by atomic mass is 10.00. The number of rotatable bonds is 3. The summed E-state index contributed by atoms with van der Waals surface area (Å²) in [6.07, 6.45) is 0. The van der Waals surface area contributed by atoms with E-state index < -0.39 is 23.0 Å². The van der Waals surface area contributed by atoms with Crippen LogP contribution in [0.5, 0.6) is 5.75 Å². The Morgan fingerprint density at radius 1 is 1.25 bits per heavy atom. The second-order valence-electron chi connectivity index (χ2n) is 4.00. The Morgan fingerprint density at radius 3 is 2.60 bits per heavy atom. The van der Waals surface area contributed by atoms with E-state index in [1.165, 1.54) is 19.2 Å². The molecule has 0 fully saturated rings. The number of hydrogen-bond acceptors (Lipinski definition) is 3. The molecule has 0 amide bonds. The molecule has 0 bridgehead atoms. The third-order valence-electron chi connectivity index (χ3n) is 2.76. The molecule has 0 aliphatic carbocycles. The number of hydrogen-bond donors (Lipinski definition) is 1. The lowest BCUT2D eigenvalue weighted by Gasteiger charge is -2.11. The van der Waals surface area contributed by atoms with E-state index >= 15 is 0 Å². The summed E-state index contributed by atoms with van der Waals surface area (Å²) in [6, 6.07) is 6.34. The molecule has 3 nitrogen and oxygen atoms in total. The molecule has 0 aromatic heterocycles. The summed E-state index contributed by atoms with van der Waals surface area (Å²) in [5.74, 6) is -2.10. The number of anilines is 1. The van der Waals surface area contributed by atoms with Gasteiger partial charge in [0.15, 0.2) is 0 Å². The van der Waals surface area contributed by atoms with Gasteiger partial charge >= 0.3 is 0 Å². The molecule has 2 rings (SSSR count). The van der Waals surface area contributed by atoms with Crippen LogP contribution in [-0.2, 0) is 0 Å². The minimum absolute atomic E-state index is 0.00984. The Labute approximate surface area is 122 Å². The molecular weight excluding hydrogens is 332 g/mol. The van der Waals surface area contributed by atoms with E-state index in [2.05, 4.69) is 15.9 Å². The standard InChI is InChI=1S/C14H10BrF2NO2/c1-20-12-4-2-3-11(18)13(12)14(19)7-5-10(17)8(15)6-9(7)16/h2-6H,18H2,1H3. The summed E-state index contributed by atoms with van der Waals surface area (Å²) in [5.41, 5.74) is 5.47. The van der Waals surface area contributed by atoms with E-state index in [4.69, 9.17) is 10.5 Å². The van der Waals surface area contributed by atoms with E-state index in [9.17, 15) is 13.6 Å². The van der Waals surface area contributed by atoms with Crippen molar-refractivity contribution < 1.29 is 18.3 Å². The zero-order chi connectivity index (χ0) is 14.9. The molecule has 6 heteroatoms. The van der Waals surface area contributed by atoms with Crippen LogP contribution in [0, 0.1) is 11.6 Å². The Hall–Kier alpha value is -1.95. The van der Waals surface area contributed by atoms with Gasteiger partial charge in [-0.25, -0.2) is 8.78 Å². The smallest absolute Gasteiger partial charge is 0.201 e.